The first kappa shape index (κ1) is 16.2. The van der Waals surface area contributed by atoms with Gasteiger partial charge in [-0.25, -0.2) is 8.42 Å². The topological polar surface area (TPSA) is 72.6 Å². The van der Waals surface area contributed by atoms with Crippen LogP contribution in [0.3, 0.4) is 0 Å². The maximum absolute atomic E-state index is 11.6. The van der Waals surface area contributed by atoms with Crippen molar-refractivity contribution in [3.05, 3.63) is 29.3 Å². The molecule has 1 aliphatic rings. The highest BCUT2D eigenvalue weighted by molar-refractivity contribution is 7.91. The van der Waals surface area contributed by atoms with Crippen LogP contribution in [0, 0.1) is 0 Å². The smallest absolute Gasteiger partial charge is 0.153 e. The summed E-state index contributed by atoms with van der Waals surface area (Å²) in [6.45, 7) is 3.08. The summed E-state index contributed by atoms with van der Waals surface area (Å²) in [5.41, 5.74) is 7.42. The van der Waals surface area contributed by atoms with E-state index in [-0.39, 0.29) is 17.5 Å². The Morgan fingerprint density at radius 1 is 1.52 bits per heavy atom. The maximum atomic E-state index is 11.6. The van der Waals surface area contributed by atoms with Crippen molar-refractivity contribution in [2.45, 2.75) is 19.5 Å². The Balaban J connectivity index is 2.22. The third-order valence-corrected chi connectivity index (χ3v) is 5.78. The summed E-state index contributed by atoms with van der Waals surface area (Å²) >= 11 is 5.00. The molecule has 21 heavy (non-hydrogen) atoms. The number of benzene rings is 1. The number of hydrogen-bond donors (Lipinski definition) is 1. The highest BCUT2D eigenvalue weighted by Crippen LogP contribution is 2.24. The van der Waals surface area contributed by atoms with Crippen LogP contribution in [0.15, 0.2) is 18.2 Å². The minimum Gasteiger partial charge on any atom is -0.496 e. The van der Waals surface area contributed by atoms with Gasteiger partial charge in [0, 0.05) is 30.3 Å². The number of nitrogens with zero attached hydrogens (tertiary/aromatic N) is 1. The molecule has 1 heterocycles. The molecule has 0 aliphatic carbocycles. The van der Waals surface area contributed by atoms with Gasteiger partial charge < -0.3 is 10.5 Å². The van der Waals surface area contributed by atoms with Crippen LogP contribution in [0.4, 0.5) is 0 Å². The van der Waals surface area contributed by atoms with Crippen LogP contribution in [-0.4, -0.2) is 49.5 Å². The molecule has 0 radical (unpaired) electrons. The Morgan fingerprint density at radius 3 is 2.81 bits per heavy atom. The van der Waals surface area contributed by atoms with E-state index in [2.05, 4.69) is 4.90 Å². The van der Waals surface area contributed by atoms with Crippen LogP contribution in [0.5, 0.6) is 5.75 Å². The van der Waals surface area contributed by atoms with Gasteiger partial charge in [-0.15, -0.1) is 0 Å². The van der Waals surface area contributed by atoms with Gasteiger partial charge in [-0.3, -0.25) is 4.90 Å². The molecule has 0 bridgehead atoms. The number of hydrogen-bond acceptors (Lipinski definition) is 5. The van der Waals surface area contributed by atoms with Crippen LogP contribution in [-0.2, 0) is 16.4 Å². The van der Waals surface area contributed by atoms with Crippen molar-refractivity contribution in [1.82, 2.24) is 4.90 Å². The van der Waals surface area contributed by atoms with Crippen molar-refractivity contribution in [3.8, 4) is 5.75 Å². The molecule has 1 saturated heterocycles. The van der Waals surface area contributed by atoms with Crippen molar-refractivity contribution in [1.29, 1.82) is 0 Å². The van der Waals surface area contributed by atoms with Crippen molar-refractivity contribution >= 4 is 27.0 Å². The van der Waals surface area contributed by atoms with E-state index in [9.17, 15) is 8.42 Å². The number of rotatable bonds is 4. The van der Waals surface area contributed by atoms with Crippen molar-refractivity contribution in [2.75, 3.05) is 25.2 Å². The first-order valence-corrected chi connectivity index (χ1v) is 8.96. The molecule has 0 aromatic heterocycles. The largest absolute Gasteiger partial charge is 0.496 e. The van der Waals surface area contributed by atoms with E-state index < -0.39 is 9.84 Å². The Labute approximate surface area is 131 Å². The predicted octanol–water partition coefficient (Wildman–Crippen LogP) is 0.948. The number of nitrogens with two attached hydrogens (primary N) is 1. The molecule has 1 atom stereocenters. The molecule has 5 nitrogen and oxygen atoms in total. The summed E-state index contributed by atoms with van der Waals surface area (Å²) in [6.07, 6.45) is 0. The summed E-state index contributed by atoms with van der Waals surface area (Å²) in [5.74, 6) is 1.16. The first-order valence-electron chi connectivity index (χ1n) is 6.73. The van der Waals surface area contributed by atoms with Crippen molar-refractivity contribution in [3.63, 3.8) is 0 Å². The maximum Gasteiger partial charge on any atom is 0.153 e. The van der Waals surface area contributed by atoms with Crippen molar-refractivity contribution in [2.24, 2.45) is 5.73 Å². The molecule has 0 amide bonds. The number of thiocarbonyl (C=S) groups is 1. The molecule has 1 unspecified atom stereocenters. The van der Waals surface area contributed by atoms with Crippen molar-refractivity contribution < 1.29 is 13.2 Å². The molecule has 2 rings (SSSR count). The average Bonchev–Trinajstić information content (AvgIpc) is 2.41. The average molecular weight is 328 g/mol. The zero-order chi connectivity index (χ0) is 15.6. The van der Waals surface area contributed by atoms with Gasteiger partial charge in [0.05, 0.1) is 18.6 Å². The van der Waals surface area contributed by atoms with E-state index in [4.69, 9.17) is 22.7 Å². The molecule has 2 N–H and O–H groups in total. The van der Waals surface area contributed by atoms with Gasteiger partial charge in [0.25, 0.3) is 0 Å². The zero-order valence-electron chi connectivity index (χ0n) is 12.2. The number of ether oxygens (including phenoxy) is 1. The van der Waals surface area contributed by atoms with Gasteiger partial charge in [-0.1, -0.05) is 12.2 Å². The van der Waals surface area contributed by atoms with Gasteiger partial charge in [-0.2, -0.15) is 0 Å². The lowest BCUT2D eigenvalue weighted by atomic mass is 10.1. The third kappa shape index (κ3) is 3.93. The summed E-state index contributed by atoms with van der Waals surface area (Å²) in [7, 11) is -1.29. The van der Waals surface area contributed by atoms with E-state index >= 15 is 0 Å². The third-order valence-electron chi connectivity index (χ3n) is 3.75. The lowest BCUT2D eigenvalue weighted by Crippen LogP contribution is -2.46. The van der Waals surface area contributed by atoms with Gasteiger partial charge in [0.1, 0.15) is 10.7 Å². The Bertz CT molecular complexity index is 644. The van der Waals surface area contributed by atoms with Crippen LogP contribution in [0.2, 0.25) is 0 Å². The lowest BCUT2D eigenvalue weighted by Gasteiger charge is -2.33. The summed E-state index contributed by atoms with van der Waals surface area (Å²) in [5, 5.41) is 0. The fourth-order valence-corrected chi connectivity index (χ4v) is 4.29. The summed E-state index contributed by atoms with van der Waals surface area (Å²) < 4.78 is 28.6. The highest BCUT2D eigenvalue weighted by Gasteiger charge is 2.28. The van der Waals surface area contributed by atoms with Gasteiger partial charge in [0.15, 0.2) is 9.84 Å². The normalized spacial score (nSPS) is 21.9. The standard InChI is InChI=1S/C14H20N2O3S2/c1-10-9-21(17,18)6-5-16(10)8-12-7-11(14(15)20)3-4-13(12)19-2/h3-4,7,10H,5-6,8-9H2,1-2H3,(H2,15,20). The molecule has 1 aliphatic heterocycles. The fourth-order valence-electron chi connectivity index (χ4n) is 2.54. The predicted molar refractivity (Wildman–Crippen MR) is 87.4 cm³/mol. The SMILES string of the molecule is COc1ccc(C(N)=S)cc1CN1CCS(=O)(=O)CC1C. The Morgan fingerprint density at radius 2 is 2.24 bits per heavy atom. The number of methoxy groups -OCH3 is 1. The second kappa shape index (κ2) is 6.29. The van der Waals surface area contributed by atoms with E-state index in [0.717, 1.165) is 16.9 Å². The van der Waals surface area contributed by atoms with Gasteiger partial charge in [0.2, 0.25) is 0 Å². The number of sulfone groups is 1. The molecule has 1 fully saturated rings. The van der Waals surface area contributed by atoms with Crippen LogP contribution >= 0.6 is 12.2 Å². The van der Waals surface area contributed by atoms with Gasteiger partial charge >= 0.3 is 0 Å². The monoisotopic (exact) mass is 328 g/mol. The molecular formula is C14H20N2O3S2. The van der Waals surface area contributed by atoms with Crippen LogP contribution in [0.1, 0.15) is 18.1 Å². The molecule has 1 aromatic carbocycles. The minimum absolute atomic E-state index is 0.0121. The van der Waals surface area contributed by atoms with Crippen LogP contribution < -0.4 is 10.5 Å². The second-order valence-electron chi connectivity index (χ2n) is 5.32. The first-order chi connectivity index (χ1) is 9.82. The van der Waals surface area contributed by atoms with E-state index in [1.54, 1.807) is 7.11 Å². The summed E-state index contributed by atoms with van der Waals surface area (Å²) in [4.78, 5) is 2.48. The van der Waals surface area contributed by atoms with Gasteiger partial charge in [-0.05, 0) is 25.1 Å². The quantitative estimate of drug-likeness (QED) is 0.830. The van der Waals surface area contributed by atoms with E-state index in [0.29, 0.717) is 18.1 Å². The van der Waals surface area contributed by atoms with E-state index in [1.807, 2.05) is 25.1 Å². The van der Waals surface area contributed by atoms with E-state index in [1.165, 1.54) is 0 Å². The highest BCUT2D eigenvalue weighted by atomic mass is 32.2. The molecule has 116 valence electrons. The fraction of sp³-hybridized carbons (Fsp3) is 0.500. The molecule has 0 saturated carbocycles. The lowest BCUT2D eigenvalue weighted by molar-refractivity contribution is 0.215. The second-order valence-corrected chi connectivity index (χ2v) is 7.99. The zero-order valence-corrected chi connectivity index (χ0v) is 13.8. The Kier molecular flexibility index (Phi) is 4.85. The molecule has 1 aromatic rings. The summed E-state index contributed by atoms with van der Waals surface area (Å²) in [6, 6.07) is 5.57. The van der Waals surface area contributed by atoms with Crippen LogP contribution in [0.25, 0.3) is 0 Å². The molecule has 7 heteroatoms. The Hall–Kier alpha value is -1.18. The minimum atomic E-state index is -2.91. The molecule has 0 spiro atoms. The molecular weight excluding hydrogens is 308 g/mol.